The second kappa shape index (κ2) is 12.3. The van der Waals surface area contributed by atoms with E-state index in [1.54, 1.807) is 12.0 Å². The van der Waals surface area contributed by atoms with Gasteiger partial charge in [-0.3, -0.25) is 4.79 Å². The molecule has 3 heterocycles. The molecule has 1 fully saturated rings. The molecule has 5 rings (SSSR count). The Labute approximate surface area is 244 Å². The maximum absolute atomic E-state index is 13.7. The number of para-hydroxylation sites is 2. The third-order valence-electron chi connectivity index (χ3n) is 6.57. The second-order valence-electron chi connectivity index (χ2n) is 9.51. The van der Waals surface area contributed by atoms with Gasteiger partial charge in [0.2, 0.25) is 0 Å². The molecule has 42 heavy (non-hydrogen) atoms. The van der Waals surface area contributed by atoms with Gasteiger partial charge in [0.05, 0.1) is 24.2 Å². The molecule has 0 N–H and O–H groups in total. The Morgan fingerprint density at radius 1 is 0.976 bits per heavy atom. The van der Waals surface area contributed by atoms with Crippen molar-refractivity contribution in [1.82, 2.24) is 29.9 Å². The summed E-state index contributed by atoms with van der Waals surface area (Å²) in [4.78, 5) is 26.6. The van der Waals surface area contributed by atoms with Crippen LogP contribution in [-0.4, -0.2) is 75.4 Å². The minimum Gasteiger partial charge on any atom is -0.495 e. The van der Waals surface area contributed by atoms with E-state index >= 15 is 0 Å². The molecule has 220 valence electrons. The maximum Gasteiger partial charge on any atom is 0.573 e. The molecule has 2 aromatic heterocycles. The van der Waals surface area contributed by atoms with Crippen LogP contribution in [0.5, 0.6) is 11.5 Å². The summed E-state index contributed by atoms with van der Waals surface area (Å²) in [6.07, 6.45) is -4.81. The fourth-order valence-corrected chi connectivity index (χ4v) is 5.62. The zero-order valence-corrected chi connectivity index (χ0v) is 23.9. The summed E-state index contributed by atoms with van der Waals surface area (Å²) in [7, 11) is 1.63. The van der Waals surface area contributed by atoms with Crippen LogP contribution in [0.3, 0.4) is 0 Å². The smallest absolute Gasteiger partial charge is 0.495 e. The number of benzene rings is 2. The van der Waals surface area contributed by atoms with Crippen LogP contribution in [0, 0.1) is 13.8 Å². The van der Waals surface area contributed by atoms with Crippen LogP contribution < -0.4 is 14.4 Å². The minimum absolute atomic E-state index is 0.160. The quantitative estimate of drug-likeness (QED) is 0.208. The fourth-order valence-electron chi connectivity index (χ4n) is 4.68. The van der Waals surface area contributed by atoms with Gasteiger partial charge < -0.3 is 19.3 Å². The van der Waals surface area contributed by atoms with Crippen molar-refractivity contribution in [3.8, 4) is 17.2 Å². The number of nitrogens with zero attached hydrogens (tertiary/aromatic N) is 7. The molecule has 1 aliphatic heterocycles. The number of aryl methyl sites for hydroxylation is 2. The molecule has 0 unspecified atom stereocenters. The summed E-state index contributed by atoms with van der Waals surface area (Å²) in [5.74, 6) is 0.365. The third kappa shape index (κ3) is 6.75. The van der Waals surface area contributed by atoms with Gasteiger partial charge in [0.1, 0.15) is 11.5 Å². The molecule has 2 aromatic carbocycles. The molecule has 14 heteroatoms. The number of halogens is 3. The van der Waals surface area contributed by atoms with Crippen LogP contribution in [0.1, 0.15) is 27.6 Å². The topological polar surface area (TPSA) is 98.5 Å². The van der Waals surface area contributed by atoms with Gasteiger partial charge in [-0.05, 0) is 56.3 Å². The summed E-state index contributed by atoms with van der Waals surface area (Å²) < 4.78 is 48.9. The first-order valence-corrected chi connectivity index (χ1v) is 14.0. The lowest BCUT2D eigenvalue weighted by molar-refractivity contribution is -0.274. The largest absolute Gasteiger partial charge is 0.573 e. The lowest BCUT2D eigenvalue weighted by Crippen LogP contribution is -2.49. The number of thioether (sulfide) groups is 1. The Morgan fingerprint density at radius 3 is 2.29 bits per heavy atom. The predicted molar refractivity (Wildman–Crippen MR) is 150 cm³/mol. The molecule has 1 saturated heterocycles. The third-order valence-corrected chi connectivity index (χ3v) is 7.43. The lowest BCUT2D eigenvalue weighted by atomic mass is 10.2. The number of amides is 1. The number of ether oxygens (including phenoxy) is 2. The SMILES string of the molecule is COc1ccccc1N1CCN(C(=O)c2nnn(-c3ccc(OC(F)(F)F)cc3)c2CSc2nc(C)cc(C)n2)CC1. The van der Waals surface area contributed by atoms with Crippen LogP contribution in [0.2, 0.25) is 0 Å². The van der Waals surface area contributed by atoms with E-state index in [4.69, 9.17) is 4.74 Å². The average molecular weight is 600 g/mol. The first-order chi connectivity index (χ1) is 20.1. The van der Waals surface area contributed by atoms with Gasteiger partial charge >= 0.3 is 6.36 Å². The van der Waals surface area contributed by atoms with E-state index in [0.29, 0.717) is 42.7 Å². The highest BCUT2D eigenvalue weighted by atomic mass is 32.2. The molecule has 0 saturated carbocycles. The van der Waals surface area contributed by atoms with E-state index in [2.05, 4.69) is 29.9 Å². The van der Waals surface area contributed by atoms with Crippen LogP contribution in [-0.2, 0) is 5.75 Å². The van der Waals surface area contributed by atoms with Crippen molar-refractivity contribution in [3.05, 3.63) is 77.4 Å². The van der Waals surface area contributed by atoms with E-state index in [1.807, 2.05) is 44.2 Å². The van der Waals surface area contributed by atoms with Crippen LogP contribution >= 0.6 is 11.8 Å². The predicted octanol–water partition coefficient (Wildman–Crippen LogP) is 4.84. The number of anilines is 1. The van der Waals surface area contributed by atoms with Gasteiger partial charge in [-0.1, -0.05) is 29.1 Å². The Hall–Kier alpha value is -4.33. The van der Waals surface area contributed by atoms with Gasteiger partial charge in [0.25, 0.3) is 5.91 Å². The maximum atomic E-state index is 13.7. The van der Waals surface area contributed by atoms with E-state index in [0.717, 1.165) is 22.8 Å². The normalized spacial score (nSPS) is 13.8. The lowest BCUT2D eigenvalue weighted by Gasteiger charge is -2.36. The number of hydrogen-bond donors (Lipinski definition) is 0. The fraction of sp³-hybridized carbons (Fsp3) is 0.321. The van der Waals surface area contributed by atoms with Crippen molar-refractivity contribution in [2.45, 2.75) is 31.1 Å². The number of methoxy groups -OCH3 is 1. The van der Waals surface area contributed by atoms with Gasteiger partial charge in [0.15, 0.2) is 10.9 Å². The van der Waals surface area contributed by atoms with Crippen molar-refractivity contribution in [2.75, 3.05) is 38.2 Å². The molecular formula is C28H28F3N7O3S. The summed E-state index contributed by atoms with van der Waals surface area (Å²) in [5, 5.41) is 8.96. The summed E-state index contributed by atoms with van der Waals surface area (Å²) in [5.41, 5.74) is 3.63. The minimum atomic E-state index is -4.81. The number of alkyl halides is 3. The molecule has 0 atom stereocenters. The second-order valence-corrected chi connectivity index (χ2v) is 10.5. The Balaban J connectivity index is 1.39. The molecular weight excluding hydrogens is 571 g/mol. The van der Waals surface area contributed by atoms with Crippen molar-refractivity contribution < 1.29 is 27.4 Å². The first kappa shape index (κ1) is 29.2. The summed E-state index contributed by atoms with van der Waals surface area (Å²) in [6, 6.07) is 14.8. The van der Waals surface area contributed by atoms with Gasteiger partial charge in [-0.2, -0.15) is 0 Å². The van der Waals surface area contributed by atoms with E-state index < -0.39 is 6.36 Å². The molecule has 0 spiro atoms. The van der Waals surface area contributed by atoms with Crippen molar-refractivity contribution in [2.24, 2.45) is 0 Å². The van der Waals surface area contributed by atoms with Gasteiger partial charge in [-0.25, -0.2) is 14.6 Å². The molecule has 1 amide bonds. The standard InChI is InChI=1S/C28H28F3N7O3S/c1-18-16-19(2)33-27(32-18)42-17-23-25(34-35-38(23)20-8-10-21(11-9-20)41-28(29,30)31)26(39)37-14-12-36(13-15-37)22-6-4-5-7-24(22)40-3/h4-11,16H,12-15,17H2,1-3H3. The highest BCUT2D eigenvalue weighted by molar-refractivity contribution is 7.98. The van der Waals surface area contributed by atoms with Gasteiger partial charge in [-0.15, -0.1) is 18.3 Å². The van der Waals surface area contributed by atoms with Crippen molar-refractivity contribution in [3.63, 3.8) is 0 Å². The van der Waals surface area contributed by atoms with Crippen molar-refractivity contribution >= 4 is 23.4 Å². The monoisotopic (exact) mass is 599 g/mol. The molecule has 1 aliphatic rings. The van der Waals surface area contributed by atoms with E-state index in [9.17, 15) is 18.0 Å². The summed E-state index contributed by atoms with van der Waals surface area (Å²) >= 11 is 1.32. The Bertz CT molecular complexity index is 1540. The summed E-state index contributed by atoms with van der Waals surface area (Å²) in [6.45, 7) is 5.85. The van der Waals surface area contributed by atoms with E-state index in [1.165, 1.54) is 40.7 Å². The molecule has 0 radical (unpaired) electrons. The Morgan fingerprint density at radius 2 is 1.64 bits per heavy atom. The zero-order chi connectivity index (χ0) is 29.9. The number of carbonyl (C=O) groups excluding carboxylic acids is 1. The van der Waals surface area contributed by atoms with Crippen LogP contribution in [0.25, 0.3) is 5.69 Å². The number of hydrogen-bond acceptors (Lipinski definition) is 9. The zero-order valence-electron chi connectivity index (χ0n) is 23.1. The highest BCUT2D eigenvalue weighted by Gasteiger charge is 2.32. The van der Waals surface area contributed by atoms with Crippen molar-refractivity contribution in [1.29, 1.82) is 0 Å². The van der Waals surface area contributed by atoms with E-state index in [-0.39, 0.29) is 23.1 Å². The van der Waals surface area contributed by atoms with Crippen LogP contribution in [0.4, 0.5) is 18.9 Å². The molecule has 4 aromatic rings. The van der Waals surface area contributed by atoms with Crippen LogP contribution in [0.15, 0.2) is 59.8 Å². The molecule has 10 nitrogen and oxygen atoms in total. The highest BCUT2D eigenvalue weighted by Crippen LogP contribution is 2.30. The number of aromatic nitrogens is 5. The number of rotatable bonds is 8. The first-order valence-electron chi connectivity index (χ1n) is 13.0. The van der Waals surface area contributed by atoms with Gasteiger partial charge in [0, 0.05) is 43.3 Å². The average Bonchev–Trinajstić information content (AvgIpc) is 3.38. The number of piperazine rings is 1. The molecule has 0 bridgehead atoms. The Kier molecular flexibility index (Phi) is 8.52. The number of carbonyl (C=O) groups is 1. The molecule has 0 aliphatic carbocycles.